The Kier molecular flexibility index (Phi) is 7.55. The number of hydrogen-bond acceptors (Lipinski definition) is 4. The molecule has 2 aromatic carbocycles. The SMILES string of the molecule is CC(C)COc1cccc(C(=O)NC(=S)Nc2ccc(I)cc2C(=O)O)c1. The van der Waals surface area contributed by atoms with Gasteiger partial charge < -0.3 is 15.2 Å². The van der Waals surface area contributed by atoms with Crippen molar-refractivity contribution in [2.24, 2.45) is 5.92 Å². The van der Waals surface area contributed by atoms with E-state index in [2.05, 4.69) is 10.6 Å². The van der Waals surface area contributed by atoms with E-state index in [-0.39, 0.29) is 10.7 Å². The van der Waals surface area contributed by atoms with Gasteiger partial charge in [-0.25, -0.2) is 4.79 Å². The number of thiocarbonyl (C=S) groups is 1. The summed E-state index contributed by atoms with van der Waals surface area (Å²) in [6, 6.07) is 11.6. The van der Waals surface area contributed by atoms with Crippen molar-refractivity contribution in [3.63, 3.8) is 0 Å². The van der Waals surface area contributed by atoms with E-state index in [0.29, 0.717) is 29.5 Å². The van der Waals surface area contributed by atoms with Crippen LogP contribution < -0.4 is 15.4 Å². The molecule has 1 amide bonds. The standard InChI is InChI=1S/C19H19IN2O4S/c1-11(2)10-26-14-5-3-4-12(8-14)17(23)22-19(27)21-16-7-6-13(20)9-15(16)18(24)25/h3-9,11H,10H2,1-2H3,(H,24,25)(H2,21,22,23,27). The highest BCUT2D eigenvalue weighted by atomic mass is 127. The highest BCUT2D eigenvalue weighted by molar-refractivity contribution is 14.1. The van der Waals surface area contributed by atoms with E-state index in [9.17, 15) is 14.7 Å². The first-order valence-electron chi connectivity index (χ1n) is 8.14. The highest BCUT2D eigenvalue weighted by Crippen LogP contribution is 2.19. The fourth-order valence-electron chi connectivity index (χ4n) is 2.12. The van der Waals surface area contributed by atoms with Gasteiger partial charge in [0.05, 0.1) is 17.9 Å². The monoisotopic (exact) mass is 498 g/mol. The second-order valence-corrected chi connectivity index (χ2v) is 7.79. The Morgan fingerprint density at radius 2 is 1.96 bits per heavy atom. The average Bonchev–Trinajstić information content (AvgIpc) is 2.61. The predicted octanol–water partition coefficient (Wildman–Crippen LogP) is 4.15. The van der Waals surface area contributed by atoms with Crippen LogP contribution >= 0.6 is 34.8 Å². The van der Waals surface area contributed by atoms with E-state index in [1.807, 2.05) is 36.4 Å². The van der Waals surface area contributed by atoms with Crippen molar-refractivity contribution in [3.05, 3.63) is 57.2 Å². The second-order valence-electron chi connectivity index (χ2n) is 6.14. The topological polar surface area (TPSA) is 87.7 Å². The molecule has 0 unspecified atom stereocenters. The molecule has 0 fully saturated rings. The molecule has 2 aromatic rings. The number of halogens is 1. The van der Waals surface area contributed by atoms with Gasteiger partial charge in [0.15, 0.2) is 5.11 Å². The molecular weight excluding hydrogens is 479 g/mol. The van der Waals surface area contributed by atoms with Gasteiger partial charge in [0.1, 0.15) is 5.75 Å². The number of carboxylic acids is 1. The zero-order valence-corrected chi connectivity index (χ0v) is 17.8. The van der Waals surface area contributed by atoms with E-state index in [1.165, 1.54) is 6.07 Å². The van der Waals surface area contributed by atoms with Crippen molar-refractivity contribution in [3.8, 4) is 5.75 Å². The van der Waals surface area contributed by atoms with Crippen molar-refractivity contribution < 1.29 is 19.4 Å². The number of carbonyl (C=O) groups is 2. The van der Waals surface area contributed by atoms with Gasteiger partial charge in [-0.05, 0) is 77.1 Å². The molecule has 3 N–H and O–H groups in total. The van der Waals surface area contributed by atoms with E-state index in [1.54, 1.807) is 36.4 Å². The van der Waals surface area contributed by atoms with Crippen LogP contribution in [0.25, 0.3) is 0 Å². The minimum atomic E-state index is -1.08. The van der Waals surface area contributed by atoms with Gasteiger partial charge in [0.25, 0.3) is 5.91 Å². The minimum absolute atomic E-state index is 0.0113. The van der Waals surface area contributed by atoms with Crippen LogP contribution in [0.2, 0.25) is 0 Å². The molecule has 0 aliphatic carbocycles. The minimum Gasteiger partial charge on any atom is -0.493 e. The summed E-state index contributed by atoms with van der Waals surface area (Å²) in [7, 11) is 0. The van der Waals surface area contributed by atoms with Gasteiger partial charge in [-0.15, -0.1) is 0 Å². The largest absolute Gasteiger partial charge is 0.493 e. The van der Waals surface area contributed by atoms with Crippen molar-refractivity contribution in [1.29, 1.82) is 0 Å². The molecule has 0 aliphatic heterocycles. The quantitative estimate of drug-likeness (QED) is 0.410. The lowest BCUT2D eigenvalue weighted by Crippen LogP contribution is -2.34. The number of benzene rings is 2. The van der Waals surface area contributed by atoms with E-state index >= 15 is 0 Å². The summed E-state index contributed by atoms with van der Waals surface area (Å²) in [6.45, 7) is 4.63. The van der Waals surface area contributed by atoms with E-state index in [0.717, 1.165) is 3.57 Å². The Balaban J connectivity index is 2.05. The Morgan fingerprint density at radius 1 is 1.22 bits per heavy atom. The molecule has 0 saturated heterocycles. The fourth-order valence-corrected chi connectivity index (χ4v) is 2.82. The summed E-state index contributed by atoms with van der Waals surface area (Å²) in [4.78, 5) is 23.8. The summed E-state index contributed by atoms with van der Waals surface area (Å²) < 4.78 is 6.40. The number of nitrogens with one attached hydrogen (secondary N) is 2. The van der Waals surface area contributed by atoms with Gasteiger partial charge in [-0.1, -0.05) is 19.9 Å². The third kappa shape index (κ3) is 6.47. The van der Waals surface area contributed by atoms with Gasteiger partial charge in [-0.3, -0.25) is 10.1 Å². The first-order valence-corrected chi connectivity index (χ1v) is 9.63. The van der Waals surface area contributed by atoms with Crippen LogP contribution in [0.1, 0.15) is 34.6 Å². The Morgan fingerprint density at radius 3 is 2.63 bits per heavy atom. The first-order chi connectivity index (χ1) is 12.8. The van der Waals surface area contributed by atoms with Crippen molar-refractivity contribution >= 4 is 57.5 Å². The van der Waals surface area contributed by atoms with Crippen LogP contribution in [0, 0.1) is 9.49 Å². The molecule has 0 aliphatic rings. The first kappa shape index (κ1) is 21.1. The fraction of sp³-hybridized carbons (Fsp3) is 0.211. The molecule has 0 atom stereocenters. The molecule has 0 radical (unpaired) electrons. The average molecular weight is 498 g/mol. The summed E-state index contributed by atoms with van der Waals surface area (Å²) in [5.74, 6) is -0.525. The number of amides is 1. The number of carbonyl (C=O) groups excluding carboxylic acids is 1. The molecule has 27 heavy (non-hydrogen) atoms. The summed E-state index contributed by atoms with van der Waals surface area (Å²) in [6.07, 6.45) is 0. The van der Waals surface area contributed by atoms with Crippen molar-refractivity contribution in [1.82, 2.24) is 5.32 Å². The maximum Gasteiger partial charge on any atom is 0.337 e. The maximum atomic E-state index is 12.4. The molecule has 0 heterocycles. The summed E-state index contributed by atoms with van der Waals surface area (Å²) >= 11 is 7.17. The number of ether oxygens (including phenoxy) is 1. The Bertz CT molecular complexity index is 871. The van der Waals surface area contributed by atoms with Crippen molar-refractivity contribution in [2.45, 2.75) is 13.8 Å². The summed E-state index contributed by atoms with van der Waals surface area (Å²) in [5.41, 5.74) is 0.770. The molecule has 0 spiro atoms. The van der Waals surface area contributed by atoms with Crippen LogP contribution in [0.15, 0.2) is 42.5 Å². The van der Waals surface area contributed by atoms with Gasteiger partial charge in [0.2, 0.25) is 0 Å². The number of carboxylic acid groups (broad SMARTS) is 1. The number of anilines is 1. The number of aromatic carboxylic acids is 1. The molecule has 0 saturated carbocycles. The lowest BCUT2D eigenvalue weighted by Gasteiger charge is -2.13. The van der Waals surface area contributed by atoms with E-state index in [4.69, 9.17) is 17.0 Å². The molecule has 2 rings (SSSR count). The maximum absolute atomic E-state index is 12.4. The zero-order valence-electron chi connectivity index (χ0n) is 14.8. The normalized spacial score (nSPS) is 10.4. The van der Waals surface area contributed by atoms with Crippen LogP contribution in [0.4, 0.5) is 5.69 Å². The molecular formula is C19H19IN2O4S. The molecule has 0 bridgehead atoms. The van der Waals surface area contributed by atoms with Crippen molar-refractivity contribution in [2.75, 3.05) is 11.9 Å². The van der Waals surface area contributed by atoms with Crippen LogP contribution in [0.3, 0.4) is 0 Å². The zero-order chi connectivity index (χ0) is 20.0. The molecule has 6 nitrogen and oxygen atoms in total. The Labute approximate surface area is 176 Å². The van der Waals surface area contributed by atoms with Crippen LogP contribution in [-0.4, -0.2) is 28.7 Å². The van der Waals surface area contributed by atoms with Crippen LogP contribution in [-0.2, 0) is 0 Å². The second kappa shape index (κ2) is 9.65. The highest BCUT2D eigenvalue weighted by Gasteiger charge is 2.14. The number of hydrogen-bond donors (Lipinski definition) is 3. The predicted molar refractivity (Wildman–Crippen MR) is 117 cm³/mol. The van der Waals surface area contributed by atoms with Gasteiger partial charge in [-0.2, -0.15) is 0 Å². The van der Waals surface area contributed by atoms with E-state index < -0.39 is 11.9 Å². The molecule has 8 heteroatoms. The van der Waals surface area contributed by atoms with Crippen LogP contribution in [0.5, 0.6) is 5.75 Å². The van der Waals surface area contributed by atoms with Gasteiger partial charge in [0, 0.05) is 9.13 Å². The lowest BCUT2D eigenvalue weighted by molar-refractivity contribution is 0.0697. The molecule has 0 aromatic heterocycles. The third-order valence-electron chi connectivity index (χ3n) is 3.37. The third-order valence-corrected chi connectivity index (χ3v) is 4.24. The smallest absolute Gasteiger partial charge is 0.337 e. The lowest BCUT2D eigenvalue weighted by atomic mass is 10.2. The number of rotatable bonds is 6. The Hall–Kier alpha value is -2.20. The summed E-state index contributed by atoms with van der Waals surface area (Å²) in [5, 5.41) is 14.6. The van der Waals surface area contributed by atoms with Gasteiger partial charge >= 0.3 is 5.97 Å². The molecule has 142 valence electrons.